The molecule has 9 heteroatoms. The molecule has 1 atom stereocenters. The highest BCUT2D eigenvalue weighted by Crippen LogP contribution is 2.47. The Balaban J connectivity index is 1.21. The number of aromatic nitrogens is 1. The van der Waals surface area contributed by atoms with Crippen molar-refractivity contribution >= 4 is 46.7 Å². The minimum Gasteiger partial charge on any atom is -0.325 e. The first-order valence-corrected chi connectivity index (χ1v) is 13.8. The van der Waals surface area contributed by atoms with Crippen LogP contribution in [-0.4, -0.2) is 40.4 Å². The molecule has 200 valence electrons. The highest BCUT2D eigenvalue weighted by Gasteiger charge is 2.50. The van der Waals surface area contributed by atoms with Crippen LogP contribution < -0.4 is 10.6 Å². The van der Waals surface area contributed by atoms with E-state index in [1.807, 2.05) is 49.4 Å². The van der Waals surface area contributed by atoms with Crippen LogP contribution in [0.2, 0.25) is 0 Å². The van der Waals surface area contributed by atoms with Gasteiger partial charge in [0.05, 0.1) is 10.9 Å². The van der Waals surface area contributed by atoms with Crippen LogP contribution in [0.4, 0.5) is 11.4 Å². The van der Waals surface area contributed by atoms with Gasteiger partial charge >= 0.3 is 0 Å². The molecular formula is C31H26N4O4S. The van der Waals surface area contributed by atoms with Crippen LogP contribution in [0.25, 0.3) is 0 Å². The molecule has 0 fully saturated rings. The van der Waals surface area contributed by atoms with Gasteiger partial charge in [-0.15, -0.1) is 11.3 Å². The molecule has 8 nitrogen and oxygen atoms in total. The second-order valence-corrected chi connectivity index (χ2v) is 11.3. The molecule has 0 saturated heterocycles. The standard InChI is InChI=1S/C31H26N4O4S/c1-19-28(32-18-40-19)29(38)35(15-21-6-2-3-7-22(21)17-36)16-27(37)33-24-11-10-20-13-31(14-23(20)12-24)25-8-4-5-9-26(25)34-30(31)39/h2-12,17-18H,13-16H2,1H3,(H,33,37)(H,34,39). The van der Waals surface area contributed by atoms with E-state index < -0.39 is 5.41 Å². The van der Waals surface area contributed by atoms with Crippen LogP contribution in [0.1, 0.15) is 48.0 Å². The number of para-hydroxylation sites is 1. The lowest BCUT2D eigenvalue weighted by Crippen LogP contribution is -2.38. The maximum absolute atomic E-state index is 13.4. The molecule has 0 bridgehead atoms. The van der Waals surface area contributed by atoms with Gasteiger partial charge in [0.15, 0.2) is 0 Å². The molecule has 6 rings (SSSR count). The average Bonchev–Trinajstić information content (AvgIpc) is 3.63. The predicted octanol–water partition coefficient (Wildman–Crippen LogP) is 4.53. The lowest BCUT2D eigenvalue weighted by molar-refractivity contribution is -0.120. The van der Waals surface area contributed by atoms with Crippen LogP contribution in [0, 0.1) is 6.92 Å². The number of hydrogen-bond acceptors (Lipinski definition) is 6. The molecule has 1 unspecified atom stereocenters. The number of rotatable bonds is 7. The SMILES string of the molecule is Cc1scnc1C(=O)N(CC(=O)Nc1ccc2c(c1)CC1(C2)C(=O)Nc2ccccc21)Cc1ccccc1C=O. The number of amides is 3. The van der Waals surface area contributed by atoms with E-state index in [4.69, 9.17) is 0 Å². The average molecular weight is 551 g/mol. The Morgan fingerprint density at radius 2 is 1.85 bits per heavy atom. The van der Waals surface area contributed by atoms with E-state index in [1.54, 1.807) is 29.8 Å². The van der Waals surface area contributed by atoms with Crippen molar-refractivity contribution in [3.05, 3.63) is 111 Å². The summed E-state index contributed by atoms with van der Waals surface area (Å²) in [5.74, 6) is -0.754. The van der Waals surface area contributed by atoms with Crippen molar-refractivity contribution in [3.8, 4) is 0 Å². The van der Waals surface area contributed by atoms with Crippen LogP contribution in [0.15, 0.2) is 72.2 Å². The Hall–Kier alpha value is -4.63. The fourth-order valence-electron chi connectivity index (χ4n) is 5.71. The summed E-state index contributed by atoms with van der Waals surface area (Å²) < 4.78 is 0. The van der Waals surface area contributed by atoms with Gasteiger partial charge in [-0.3, -0.25) is 19.2 Å². The van der Waals surface area contributed by atoms with E-state index in [0.29, 0.717) is 35.3 Å². The highest BCUT2D eigenvalue weighted by molar-refractivity contribution is 7.09. The number of anilines is 2. The second-order valence-electron chi connectivity index (χ2n) is 10.2. The minimum atomic E-state index is -0.637. The van der Waals surface area contributed by atoms with Crippen LogP contribution in [0.3, 0.4) is 0 Å². The second kappa shape index (κ2) is 10.2. The van der Waals surface area contributed by atoms with Gasteiger partial charge in [0, 0.05) is 28.4 Å². The van der Waals surface area contributed by atoms with Gasteiger partial charge < -0.3 is 15.5 Å². The van der Waals surface area contributed by atoms with E-state index in [9.17, 15) is 19.2 Å². The molecule has 1 aliphatic carbocycles. The number of hydrogen-bond donors (Lipinski definition) is 2. The van der Waals surface area contributed by atoms with Crippen molar-refractivity contribution < 1.29 is 19.2 Å². The Morgan fingerprint density at radius 1 is 1.07 bits per heavy atom. The van der Waals surface area contributed by atoms with Gasteiger partial charge in [-0.1, -0.05) is 48.5 Å². The lowest BCUT2D eigenvalue weighted by atomic mass is 9.79. The molecule has 4 aromatic rings. The monoisotopic (exact) mass is 550 g/mol. The van der Waals surface area contributed by atoms with Gasteiger partial charge in [-0.25, -0.2) is 4.98 Å². The van der Waals surface area contributed by atoms with Gasteiger partial charge in [-0.2, -0.15) is 0 Å². The summed E-state index contributed by atoms with van der Waals surface area (Å²) in [6.07, 6.45) is 1.89. The van der Waals surface area contributed by atoms with Crippen molar-refractivity contribution in [3.63, 3.8) is 0 Å². The molecule has 2 N–H and O–H groups in total. The first kappa shape index (κ1) is 25.6. The Bertz CT molecular complexity index is 1680. The summed E-state index contributed by atoms with van der Waals surface area (Å²) in [5, 5.41) is 5.94. The lowest BCUT2D eigenvalue weighted by Gasteiger charge is -2.23. The molecular weight excluding hydrogens is 524 g/mol. The fourth-order valence-corrected chi connectivity index (χ4v) is 6.28. The zero-order valence-corrected chi connectivity index (χ0v) is 22.6. The first-order chi connectivity index (χ1) is 19.4. The van der Waals surface area contributed by atoms with Crippen LogP contribution in [0.5, 0.6) is 0 Å². The molecule has 1 spiro atoms. The van der Waals surface area contributed by atoms with E-state index in [-0.39, 0.29) is 30.8 Å². The van der Waals surface area contributed by atoms with Gasteiger partial charge in [0.25, 0.3) is 5.91 Å². The highest BCUT2D eigenvalue weighted by atomic mass is 32.1. The Morgan fingerprint density at radius 3 is 2.65 bits per heavy atom. The molecule has 40 heavy (non-hydrogen) atoms. The molecule has 1 aliphatic heterocycles. The molecule has 2 aliphatic rings. The number of nitrogens with zero attached hydrogens (tertiary/aromatic N) is 2. The molecule has 0 radical (unpaired) electrons. The number of thiazole rings is 1. The Labute approximate surface area is 235 Å². The normalized spacial score (nSPS) is 16.8. The van der Waals surface area contributed by atoms with E-state index >= 15 is 0 Å². The fraction of sp³-hybridized carbons (Fsp3) is 0.194. The minimum absolute atomic E-state index is 0.00224. The van der Waals surface area contributed by atoms with Gasteiger partial charge in [0.1, 0.15) is 18.5 Å². The summed E-state index contributed by atoms with van der Waals surface area (Å²) in [5.41, 5.74) is 6.89. The summed E-state index contributed by atoms with van der Waals surface area (Å²) in [6, 6.07) is 20.5. The number of fused-ring (bicyclic) bond motifs is 3. The van der Waals surface area contributed by atoms with E-state index in [1.165, 1.54) is 16.2 Å². The summed E-state index contributed by atoms with van der Waals surface area (Å²) in [6.45, 7) is 1.67. The summed E-state index contributed by atoms with van der Waals surface area (Å²) in [4.78, 5) is 57.6. The van der Waals surface area contributed by atoms with Crippen LogP contribution >= 0.6 is 11.3 Å². The summed E-state index contributed by atoms with van der Waals surface area (Å²) in [7, 11) is 0. The number of aldehydes is 1. The molecule has 2 heterocycles. The largest absolute Gasteiger partial charge is 0.325 e. The van der Waals surface area contributed by atoms with Crippen molar-refractivity contribution in [2.75, 3.05) is 17.2 Å². The zero-order valence-electron chi connectivity index (χ0n) is 21.8. The van der Waals surface area contributed by atoms with E-state index in [0.717, 1.165) is 33.5 Å². The van der Waals surface area contributed by atoms with Crippen molar-refractivity contribution in [1.82, 2.24) is 9.88 Å². The van der Waals surface area contributed by atoms with Crippen molar-refractivity contribution in [2.45, 2.75) is 31.7 Å². The van der Waals surface area contributed by atoms with Crippen LogP contribution in [-0.2, 0) is 34.4 Å². The van der Waals surface area contributed by atoms with Gasteiger partial charge in [-0.05, 0) is 60.2 Å². The van der Waals surface area contributed by atoms with Crippen molar-refractivity contribution in [2.24, 2.45) is 0 Å². The molecule has 3 amide bonds. The zero-order chi connectivity index (χ0) is 27.9. The summed E-state index contributed by atoms with van der Waals surface area (Å²) >= 11 is 1.36. The molecule has 1 aromatic heterocycles. The van der Waals surface area contributed by atoms with E-state index in [2.05, 4.69) is 15.6 Å². The smallest absolute Gasteiger partial charge is 0.274 e. The Kier molecular flexibility index (Phi) is 6.51. The molecule has 3 aromatic carbocycles. The number of carbonyl (C=O) groups excluding carboxylic acids is 4. The molecule has 0 saturated carbocycles. The first-order valence-electron chi connectivity index (χ1n) is 12.9. The van der Waals surface area contributed by atoms with Gasteiger partial charge in [0.2, 0.25) is 11.8 Å². The quantitative estimate of drug-likeness (QED) is 0.329. The number of carbonyl (C=O) groups is 4. The third-order valence-electron chi connectivity index (χ3n) is 7.71. The third-order valence-corrected chi connectivity index (χ3v) is 8.47. The third kappa shape index (κ3) is 4.48. The number of benzene rings is 3. The number of aryl methyl sites for hydroxylation is 1. The topological polar surface area (TPSA) is 108 Å². The predicted molar refractivity (Wildman–Crippen MR) is 153 cm³/mol. The maximum atomic E-state index is 13.4. The number of nitrogens with one attached hydrogen (secondary N) is 2. The maximum Gasteiger partial charge on any atom is 0.274 e. The van der Waals surface area contributed by atoms with Crippen molar-refractivity contribution in [1.29, 1.82) is 0 Å².